The molecule has 1 amide bonds. The highest BCUT2D eigenvalue weighted by Gasteiger charge is 2.43. The summed E-state index contributed by atoms with van der Waals surface area (Å²) in [5.41, 5.74) is 7.49. The zero-order chi connectivity index (χ0) is 17.7. The molecule has 1 aromatic carbocycles. The number of para-hydroxylation sites is 1. The van der Waals surface area contributed by atoms with Gasteiger partial charge in [0.05, 0.1) is 16.3 Å². The van der Waals surface area contributed by atoms with E-state index in [4.69, 9.17) is 10.7 Å². The molecule has 1 aliphatic heterocycles. The molecule has 7 heteroatoms. The smallest absolute Gasteiger partial charge is 0.226 e. The molecule has 5 rings (SSSR count). The number of carbonyl (C=O) groups is 1. The number of nitrogens with two attached hydrogens (primary N) is 1. The second kappa shape index (κ2) is 8.86. The highest BCUT2D eigenvalue weighted by atomic mass is 35.5. The summed E-state index contributed by atoms with van der Waals surface area (Å²) in [6.45, 7) is 0.886. The Hall–Kier alpha value is -0.880. The maximum atomic E-state index is 13.4. The van der Waals surface area contributed by atoms with E-state index >= 15 is 0 Å². The number of fused-ring (bicyclic) bond motifs is 3. The molecule has 154 valence electrons. The van der Waals surface area contributed by atoms with Gasteiger partial charge in [-0.2, -0.15) is 0 Å². The third-order valence-corrected chi connectivity index (χ3v) is 8.03. The molecule has 1 saturated heterocycles. The van der Waals surface area contributed by atoms with Gasteiger partial charge in [-0.15, -0.1) is 36.2 Å². The number of aromatic nitrogens is 1. The zero-order valence-corrected chi connectivity index (χ0v) is 18.4. The van der Waals surface area contributed by atoms with Crippen molar-refractivity contribution < 1.29 is 4.79 Å². The second-order valence-electron chi connectivity index (χ2n) is 8.41. The second-order valence-corrected chi connectivity index (χ2v) is 9.47. The number of rotatable bonds is 2. The number of likely N-dealkylation sites (tertiary alicyclic amines) is 1. The zero-order valence-electron chi connectivity index (χ0n) is 16.0. The minimum absolute atomic E-state index is 0. The summed E-state index contributed by atoms with van der Waals surface area (Å²) < 4.78 is 1.22. The third-order valence-electron chi connectivity index (χ3n) is 6.89. The first-order valence-electron chi connectivity index (χ1n) is 10.1. The molecule has 2 heterocycles. The topological polar surface area (TPSA) is 59.2 Å². The summed E-state index contributed by atoms with van der Waals surface area (Å²) in [7, 11) is 0. The van der Waals surface area contributed by atoms with Crippen molar-refractivity contribution in [3.05, 3.63) is 29.3 Å². The molecular formula is C21H29Cl2N3OS. The van der Waals surface area contributed by atoms with Gasteiger partial charge in [0.1, 0.15) is 5.01 Å². The van der Waals surface area contributed by atoms with Gasteiger partial charge >= 0.3 is 0 Å². The van der Waals surface area contributed by atoms with Crippen LogP contribution in [0.2, 0.25) is 0 Å². The van der Waals surface area contributed by atoms with Crippen LogP contribution in [0.3, 0.4) is 0 Å². The number of benzene rings is 1. The van der Waals surface area contributed by atoms with Crippen LogP contribution in [-0.2, 0) is 4.79 Å². The van der Waals surface area contributed by atoms with Gasteiger partial charge in [0.15, 0.2) is 0 Å². The summed E-state index contributed by atoms with van der Waals surface area (Å²) >= 11 is 1.75. The van der Waals surface area contributed by atoms with Crippen LogP contribution in [0.5, 0.6) is 0 Å². The average Bonchev–Trinajstić information content (AvgIpc) is 3.27. The van der Waals surface area contributed by atoms with Crippen molar-refractivity contribution in [3.8, 4) is 0 Å². The lowest BCUT2D eigenvalue weighted by atomic mass is 9.65. The normalized spacial score (nSPS) is 31.9. The van der Waals surface area contributed by atoms with E-state index in [9.17, 15) is 4.79 Å². The Bertz CT molecular complexity index is 782. The fraction of sp³-hybridized carbons (Fsp3) is 0.619. The average molecular weight is 442 g/mol. The van der Waals surface area contributed by atoms with Crippen molar-refractivity contribution in [2.75, 3.05) is 6.54 Å². The van der Waals surface area contributed by atoms with Crippen LogP contribution >= 0.6 is 36.2 Å². The first-order chi connectivity index (χ1) is 12.7. The quantitative estimate of drug-likeness (QED) is 0.716. The maximum absolute atomic E-state index is 13.4. The minimum atomic E-state index is 0. The lowest BCUT2D eigenvalue weighted by Gasteiger charge is -2.44. The lowest BCUT2D eigenvalue weighted by molar-refractivity contribution is -0.139. The molecule has 3 atom stereocenters. The van der Waals surface area contributed by atoms with Crippen LogP contribution in [0.1, 0.15) is 56.0 Å². The van der Waals surface area contributed by atoms with Crippen LogP contribution in [0.25, 0.3) is 10.2 Å². The Morgan fingerprint density at radius 1 is 1.07 bits per heavy atom. The molecule has 2 saturated carbocycles. The fourth-order valence-electron chi connectivity index (χ4n) is 5.55. The summed E-state index contributed by atoms with van der Waals surface area (Å²) in [5.74, 6) is 1.66. The molecule has 2 aromatic rings. The first kappa shape index (κ1) is 21.8. The van der Waals surface area contributed by atoms with E-state index in [0.29, 0.717) is 23.8 Å². The SMILES string of the molecule is Cl.Cl.NC1C2CCCC1CC(C(=O)N1CCCC1c1nc3ccccc3s1)C2. The van der Waals surface area contributed by atoms with Crippen LogP contribution in [0, 0.1) is 17.8 Å². The summed E-state index contributed by atoms with van der Waals surface area (Å²) in [4.78, 5) is 20.4. The summed E-state index contributed by atoms with van der Waals surface area (Å²) in [5, 5.41) is 1.12. The van der Waals surface area contributed by atoms with Crippen LogP contribution in [-0.4, -0.2) is 28.4 Å². The predicted octanol–water partition coefficient (Wildman–Crippen LogP) is 4.96. The monoisotopic (exact) mass is 441 g/mol. The Kier molecular flexibility index (Phi) is 6.91. The Balaban J connectivity index is 0.00000112. The number of nitrogens with zero attached hydrogens (tertiary/aromatic N) is 2. The number of thiazole rings is 1. The van der Waals surface area contributed by atoms with E-state index in [0.717, 1.165) is 42.8 Å². The standard InChI is InChI=1S/C21H27N3OS.2ClH/c22-19-13-5-3-6-14(19)12-15(11-13)21(25)24-10-4-8-17(24)20-23-16-7-1-2-9-18(16)26-20;;/h1-2,7,9,13-15,17,19H,3-6,8,10-12,22H2;2*1H. The van der Waals surface area contributed by atoms with E-state index in [1.807, 2.05) is 6.07 Å². The van der Waals surface area contributed by atoms with Crippen molar-refractivity contribution >= 4 is 52.3 Å². The largest absolute Gasteiger partial charge is 0.333 e. The first-order valence-corrected chi connectivity index (χ1v) is 10.9. The van der Waals surface area contributed by atoms with E-state index in [-0.39, 0.29) is 36.8 Å². The van der Waals surface area contributed by atoms with Gasteiger partial charge in [0.25, 0.3) is 0 Å². The number of hydrogen-bond acceptors (Lipinski definition) is 4. The highest BCUT2D eigenvalue weighted by molar-refractivity contribution is 7.18. The van der Waals surface area contributed by atoms with Crippen molar-refractivity contribution in [2.45, 2.75) is 57.0 Å². The number of hydrogen-bond donors (Lipinski definition) is 1. The van der Waals surface area contributed by atoms with E-state index in [1.54, 1.807) is 11.3 Å². The summed E-state index contributed by atoms with van der Waals surface area (Å²) in [6, 6.07) is 8.79. The third kappa shape index (κ3) is 3.79. The van der Waals surface area contributed by atoms with Gasteiger partial charge in [0, 0.05) is 18.5 Å². The van der Waals surface area contributed by atoms with Gasteiger partial charge < -0.3 is 10.6 Å². The number of amides is 1. The molecule has 2 aliphatic carbocycles. The van der Waals surface area contributed by atoms with Crippen molar-refractivity contribution in [2.24, 2.45) is 23.5 Å². The van der Waals surface area contributed by atoms with Crippen LogP contribution in [0.4, 0.5) is 0 Å². The van der Waals surface area contributed by atoms with Crippen molar-refractivity contribution in [3.63, 3.8) is 0 Å². The molecule has 0 radical (unpaired) electrons. The Morgan fingerprint density at radius 3 is 2.50 bits per heavy atom. The number of halogens is 2. The minimum Gasteiger partial charge on any atom is -0.333 e. The molecule has 3 aliphatic rings. The van der Waals surface area contributed by atoms with Gasteiger partial charge in [0.2, 0.25) is 5.91 Å². The molecule has 3 unspecified atom stereocenters. The van der Waals surface area contributed by atoms with Crippen molar-refractivity contribution in [1.82, 2.24) is 9.88 Å². The molecular weight excluding hydrogens is 413 g/mol. The molecule has 2 N–H and O–H groups in total. The Labute approximate surface area is 183 Å². The van der Waals surface area contributed by atoms with Gasteiger partial charge in [-0.1, -0.05) is 18.6 Å². The van der Waals surface area contributed by atoms with E-state index in [1.165, 1.54) is 24.0 Å². The van der Waals surface area contributed by atoms with E-state index in [2.05, 4.69) is 23.1 Å². The molecule has 4 nitrogen and oxygen atoms in total. The molecule has 0 spiro atoms. The molecule has 3 fully saturated rings. The molecule has 28 heavy (non-hydrogen) atoms. The van der Waals surface area contributed by atoms with Crippen molar-refractivity contribution in [1.29, 1.82) is 0 Å². The van der Waals surface area contributed by atoms with Crippen LogP contribution < -0.4 is 5.73 Å². The van der Waals surface area contributed by atoms with E-state index < -0.39 is 0 Å². The van der Waals surface area contributed by atoms with Gasteiger partial charge in [-0.25, -0.2) is 4.98 Å². The van der Waals surface area contributed by atoms with Gasteiger partial charge in [-0.05, 0) is 62.5 Å². The Morgan fingerprint density at radius 2 is 1.79 bits per heavy atom. The molecule has 1 aromatic heterocycles. The number of carbonyl (C=O) groups excluding carboxylic acids is 1. The lowest BCUT2D eigenvalue weighted by Crippen LogP contribution is -2.49. The van der Waals surface area contributed by atoms with Gasteiger partial charge in [-0.3, -0.25) is 4.79 Å². The predicted molar refractivity (Wildman–Crippen MR) is 119 cm³/mol. The van der Waals surface area contributed by atoms with Crippen LogP contribution in [0.15, 0.2) is 24.3 Å². The maximum Gasteiger partial charge on any atom is 0.226 e. The highest BCUT2D eigenvalue weighted by Crippen LogP contribution is 2.44. The summed E-state index contributed by atoms with van der Waals surface area (Å²) in [6.07, 6.45) is 7.85. The molecule has 2 bridgehead atoms. The fourth-order valence-corrected chi connectivity index (χ4v) is 6.66.